The maximum absolute atomic E-state index is 10.6. The van der Waals surface area contributed by atoms with E-state index >= 15 is 0 Å². The zero-order valence-electron chi connectivity index (χ0n) is 11.7. The van der Waals surface area contributed by atoms with Gasteiger partial charge in [0.25, 0.3) is 5.69 Å². The number of nitrogens with zero attached hydrogens (tertiary/aromatic N) is 1. The number of hydrogen-bond acceptors (Lipinski definition) is 4. The number of nitrogens with one attached hydrogen (secondary N) is 1. The summed E-state index contributed by atoms with van der Waals surface area (Å²) in [5.41, 5.74) is 7.06. The quantitative estimate of drug-likeness (QED) is 0.425. The predicted molar refractivity (Wildman–Crippen MR) is 79.3 cm³/mol. The lowest BCUT2D eigenvalue weighted by Crippen LogP contribution is -2.14. The number of hydrogen-bond donors (Lipinski definition) is 2. The molecule has 106 valence electrons. The van der Waals surface area contributed by atoms with Crippen molar-refractivity contribution in [1.82, 2.24) is 0 Å². The van der Waals surface area contributed by atoms with Crippen LogP contribution in [0.3, 0.4) is 0 Å². The summed E-state index contributed by atoms with van der Waals surface area (Å²) in [7, 11) is 0. The summed E-state index contributed by atoms with van der Waals surface area (Å²) in [6.07, 6.45) is 4.76. The lowest BCUT2D eigenvalue weighted by Gasteiger charge is -2.17. The second kappa shape index (κ2) is 7.61. The Bertz CT molecular complexity index is 421. The Labute approximate surface area is 114 Å². The highest BCUT2D eigenvalue weighted by molar-refractivity contribution is 5.69. The number of nitrogen functional groups attached to an aromatic ring is 1. The predicted octanol–water partition coefficient (Wildman–Crippen LogP) is 3.81. The number of nitro groups is 1. The van der Waals surface area contributed by atoms with Crippen LogP contribution in [0.5, 0.6) is 0 Å². The van der Waals surface area contributed by atoms with E-state index in [4.69, 9.17) is 5.73 Å². The van der Waals surface area contributed by atoms with E-state index in [2.05, 4.69) is 19.2 Å². The molecule has 0 aliphatic carbocycles. The molecule has 0 radical (unpaired) electrons. The Balaban J connectivity index is 2.59. The Morgan fingerprint density at radius 2 is 2.16 bits per heavy atom. The molecule has 5 nitrogen and oxygen atoms in total. The monoisotopic (exact) mass is 265 g/mol. The highest BCUT2D eigenvalue weighted by atomic mass is 16.6. The first kappa shape index (κ1) is 15.3. The molecule has 1 unspecified atom stereocenters. The van der Waals surface area contributed by atoms with Crippen LogP contribution in [-0.4, -0.2) is 11.5 Å². The number of unbranched alkanes of at least 4 members (excludes halogenated alkanes) is 1. The fourth-order valence-electron chi connectivity index (χ4n) is 2.02. The Morgan fingerprint density at radius 3 is 2.68 bits per heavy atom. The van der Waals surface area contributed by atoms with Crippen molar-refractivity contribution >= 4 is 17.1 Å². The first-order valence-electron chi connectivity index (χ1n) is 6.86. The van der Waals surface area contributed by atoms with Gasteiger partial charge in [-0.15, -0.1) is 0 Å². The van der Waals surface area contributed by atoms with Crippen molar-refractivity contribution in [3.05, 3.63) is 28.3 Å². The molecule has 0 spiro atoms. The fraction of sp³-hybridized carbons (Fsp3) is 0.571. The van der Waals surface area contributed by atoms with Gasteiger partial charge in [0.05, 0.1) is 16.3 Å². The first-order valence-corrected chi connectivity index (χ1v) is 6.86. The molecule has 0 fully saturated rings. The summed E-state index contributed by atoms with van der Waals surface area (Å²) in [6.45, 7) is 5.23. The second-order valence-electron chi connectivity index (χ2n) is 4.83. The molecule has 0 saturated carbocycles. The van der Waals surface area contributed by atoms with E-state index in [-0.39, 0.29) is 5.69 Å². The van der Waals surface area contributed by atoms with E-state index < -0.39 is 4.92 Å². The van der Waals surface area contributed by atoms with Crippen LogP contribution in [0.2, 0.25) is 0 Å². The molecule has 0 aliphatic rings. The van der Waals surface area contributed by atoms with Crippen LogP contribution in [0.25, 0.3) is 0 Å². The standard InChI is InChI=1S/C14H23N3O2/c1-3-5-6-11(4-2)10-16-14-8-7-12(17(18)19)9-13(14)15/h7-9,11,16H,3-6,10,15H2,1-2H3. The molecule has 0 amide bonds. The van der Waals surface area contributed by atoms with Gasteiger partial charge in [-0.25, -0.2) is 0 Å². The van der Waals surface area contributed by atoms with Gasteiger partial charge in [0.15, 0.2) is 0 Å². The van der Waals surface area contributed by atoms with Gasteiger partial charge >= 0.3 is 0 Å². The maximum atomic E-state index is 10.6. The van der Waals surface area contributed by atoms with Crippen LogP contribution >= 0.6 is 0 Å². The van der Waals surface area contributed by atoms with Gasteiger partial charge in [0, 0.05) is 18.7 Å². The van der Waals surface area contributed by atoms with E-state index in [9.17, 15) is 10.1 Å². The van der Waals surface area contributed by atoms with Gasteiger partial charge in [-0.2, -0.15) is 0 Å². The van der Waals surface area contributed by atoms with E-state index in [0.29, 0.717) is 11.6 Å². The number of non-ortho nitro benzene ring substituents is 1. The molecular weight excluding hydrogens is 242 g/mol. The number of rotatable bonds is 8. The van der Waals surface area contributed by atoms with E-state index in [1.807, 2.05) is 0 Å². The lowest BCUT2D eigenvalue weighted by molar-refractivity contribution is -0.384. The zero-order chi connectivity index (χ0) is 14.3. The van der Waals surface area contributed by atoms with Crippen molar-refractivity contribution in [1.29, 1.82) is 0 Å². The summed E-state index contributed by atoms with van der Waals surface area (Å²) in [4.78, 5) is 10.2. The molecule has 0 aromatic heterocycles. The SMILES string of the molecule is CCCCC(CC)CNc1ccc([N+](=O)[O-])cc1N. The van der Waals surface area contributed by atoms with Gasteiger partial charge < -0.3 is 11.1 Å². The van der Waals surface area contributed by atoms with Crippen molar-refractivity contribution in [3.8, 4) is 0 Å². The van der Waals surface area contributed by atoms with Crippen LogP contribution in [0.1, 0.15) is 39.5 Å². The highest BCUT2D eigenvalue weighted by Crippen LogP contribution is 2.25. The Kier molecular flexibility index (Phi) is 6.12. The summed E-state index contributed by atoms with van der Waals surface area (Å²) < 4.78 is 0. The second-order valence-corrected chi connectivity index (χ2v) is 4.83. The molecule has 1 aromatic carbocycles. The Hall–Kier alpha value is -1.78. The van der Waals surface area contributed by atoms with Gasteiger partial charge in [0.1, 0.15) is 0 Å². The molecule has 1 aromatic rings. The molecule has 0 aliphatic heterocycles. The third-order valence-electron chi connectivity index (χ3n) is 3.37. The van der Waals surface area contributed by atoms with Crippen molar-refractivity contribution in [2.45, 2.75) is 39.5 Å². The van der Waals surface area contributed by atoms with Crippen LogP contribution in [0.15, 0.2) is 18.2 Å². The van der Waals surface area contributed by atoms with Crippen molar-refractivity contribution in [2.24, 2.45) is 5.92 Å². The van der Waals surface area contributed by atoms with Crippen LogP contribution in [0, 0.1) is 16.0 Å². The van der Waals surface area contributed by atoms with Gasteiger partial charge in [-0.05, 0) is 18.4 Å². The van der Waals surface area contributed by atoms with Gasteiger partial charge in [-0.3, -0.25) is 10.1 Å². The molecule has 3 N–H and O–H groups in total. The number of nitro benzene ring substituents is 1. The van der Waals surface area contributed by atoms with Crippen molar-refractivity contribution in [2.75, 3.05) is 17.6 Å². The largest absolute Gasteiger partial charge is 0.397 e. The summed E-state index contributed by atoms with van der Waals surface area (Å²) in [5.74, 6) is 0.620. The van der Waals surface area contributed by atoms with Gasteiger partial charge in [0.2, 0.25) is 0 Å². The third-order valence-corrected chi connectivity index (χ3v) is 3.37. The van der Waals surface area contributed by atoms with Crippen molar-refractivity contribution < 1.29 is 4.92 Å². The molecule has 0 heterocycles. The van der Waals surface area contributed by atoms with Crippen molar-refractivity contribution in [3.63, 3.8) is 0 Å². The van der Waals surface area contributed by atoms with E-state index in [0.717, 1.165) is 18.7 Å². The average Bonchev–Trinajstić information content (AvgIpc) is 2.40. The van der Waals surface area contributed by atoms with Gasteiger partial charge in [-0.1, -0.05) is 33.1 Å². The molecule has 0 bridgehead atoms. The Morgan fingerprint density at radius 1 is 1.42 bits per heavy atom. The van der Waals surface area contributed by atoms with E-state index in [1.165, 1.54) is 31.4 Å². The summed E-state index contributed by atoms with van der Waals surface area (Å²) in [6, 6.07) is 4.56. The lowest BCUT2D eigenvalue weighted by atomic mass is 9.99. The number of anilines is 2. The normalized spacial score (nSPS) is 12.1. The minimum atomic E-state index is -0.434. The molecule has 1 rings (SSSR count). The molecule has 0 saturated heterocycles. The third kappa shape index (κ3) is 4.77. The number of nitrogens with two attached hydrogens (primary N) is 1. The summed E-state index contributed by atoms with van der Waals surface area (Å²) >= 11 is 0. The fourth-order valence-corrected chi connectivity index (χ4v) is 2.02. The minimum absolute atomic E-state index is 0.0288. The minimum Gasteiger partial charge on any atom is -0.397 e. The van der Waals surface area contributed by atoms with Crippen LogP contribution < -0.4 is 11.1 Å². The average molecular weight is 265 g/mol. The molecular formula is C14H23N3O2. The van der Waals surface area contributed by atoms with E-state index in [1.54, 1.807) is 6.07 Å². The highest BCUT2D eigenvalue weighted by Gasteiger charge is 2.10. The first-order chi connectivity index (χ1) is 9.08. The smallest absolute Gasteiger partial charge is 0.271 e. The molecule has 1 atom stereocenters. The summed E-state index contributed by atoms with van der Waals surface area (Å²) in [5, 5.41) is 13.9. The zero-order valence-corrected chi connectivity index (χ0v) is 11.7. The van der Waals surface area contributed by atoms with Crippen LogP contribution in [-0.2, 0) is 0 Å². The maximum Gasteiger partial charge on any atom is 0.271 e. The molecule has 19 heavy (non-hydrogen) atoms. The van der Waals surface area contributed by atoms with Crippen LogP contribution in [0.4, 0.5) is 17.1 Å². The topological polar surface area (TPSA) is 81.2 Å². The number of benzene rings is 1. The molecule has 5 heteroatoms.